The van der Waals surface area contributed by atoms with Crippen LogP contribution in [0.1, 0.15) is 5.56 Å². The van der Waals surface area contributed by atoms with Crippen molar-refractivity contribution < 1.29 is 0 Å². The first kappa shape index (κ1) is 7.23. The molecule has 0 saturated carbocycles. The monoisotopic (exact) mass is 196 g/mol. The molecule has 0 radical (unpaired) electrons. The largest absolute Gasteiger partial charge is 0.360 e. The van der Waals surface area contributed by atoms with Gasteiger partial charge in [-0.25, -0.2) is 0 Å². The zero-order chi connectivity index (χ0) is 7.40. The van der Waals surface area contributed by atoms with Gasteiger partial charge in [0.05, 0.1) is 0 Å². The summed E-state index contributed by atoms with van der Waals surface area (Å²) in [5.41, 5.74) is 0.942. The Bertz CT molecular complexity index is 265. The van der Waals surface area contributed by atoms with E-state index in [1.54, 1.807) is 6.20 Å². The summed E-state index contributed by atoms with van der Waals surface area (Å²) in [6.45, 7) is 6.73. The first-order chi connectivity index (χ1) is 4.88. The molecule has 0 saturated heterocycles. The normalized spacial score (nSPS) is 8.80. The zero-order valence-electron chi connectivity index (χ0n) is 5.21. The van der Waals surface area contributed by atoms with E-state index in [1.807, 2.05) is 12.1 Å². The van der Waals surface area contributed by atoms with E-state index in [9.17, 15) is 0 Å². The van der Waals surface area contributed by atoms with Gasteiger partial charge in [0.15, 0.2) is 0 Å². The summed E-state index contributed by atoms with van der Waals surface area (Å²) in [5.74, 6) is 0.486. The van der Waals surface area contributed by atoms with Gasteiger partial charge >= 0.3 is 0 Å². The first-order valence-electron chi connectivity index (χ1n) is 2.76. The van der Waals surface area contributed by atoms with Gasteiger partial charge in [0, 0.05) is 5.33 Å². The molecule has 0 aromatic carbocycles. The Hall–Kier alpha value is -0.880. The van der Waals surface area contributed by atoms with Crippen molar-refractivity contribution in [3.8, 4) is 0 Å². The number of aromatic nitrogens is 1. The van der Waals surface area contributed by atoms with Crippen LogP contribution in [0.2, 0.25) is 0 Å². The molecule has 2 nitrogen and oxygen atoms in total. The molecule has 1 heterocycles. The number of halogens is 1. The molecule has 1 aromatic rings. The van der Waals surface area contributed by atoms with Gasteiger partial charge in [-0.1, -0.05) is 28.6 Å². The predicted octanol–water partition coefficient (Wildman–Crippen LogP) is 2.53. The van der Waals surface area contributed by atoms with E-state index < -0.39 is 0 Å². The van der Waals surface area contributed by atoms with Crippen LogP contribution >= 0.6 is 15.9 Å². The second kappa shape index (κ2) is 3.33. The third-order valence-electron chi connectivity index (χ3n) is 1.12. The minimum atomic E-state index is 0.486. The molecule has 0 amide bonds. The fraction of sp³-hybridized carbons (Fsp3) is 0.143. The topological polar surface area (TPSA) is 17.2 Å². The predicted molar refractivity (Wildman–Crippen MR) is 43.1 cm³/mol. The van der Waals surface area contributed by atoms with Crippen molar-refractivity contribution in [2.75, 3.05) is 0 Å². The van der Waals surface area contributed by atoms with Crippen LogP contribution in [0.15, 0.2) is 18.3 Å². The summed E-state index contributed by atoms with van der Waals surface area (Å²) in [6.07, 6.45) is 1.62. The third-order valence-corrected chi connectivity index (χ3v) is 1.72. The van der Waals surface area contributed by atoms with Gasteiger partial charge in [-0.05, 0) is 11.6 Å². The molecule has 0 unspecified atom stereocenters. The summed E-state index contributed by atoms with van der Waals surface area (Å²) in [5, 5.41) is 0.693. The molecule has 0 spiro atoms. The Labute approximate surface area is 67.9 Å². The summed E-state index contributed by atoms with van der Waals surface area (Å²) in [4.78, 5) is 7.13. The van der Waals surface area contributed by atoms with Crippen LogP contribution in [0.4, 0.5) is 5.82 Å². The van der Waals surface area contributed by atoms with Crippen molar-refractivity contribution in [1.82, 2.24) is 4.98 Å². The maximum atomic E-state index is 6.73. The highest BCUT2D eigenvalue weighted by molar-refractivity contribution is 9.08. The highest BCUT2D eigenvalue weighted by atomic mass is 79.9. The van der Waals surface area contributed by atoms with Crippen molar-refractivity contribution in [3.05, 3.63) is 35.3 Å². The van der Waals surface area contributed by atoms with Crippen LogP contribution < -0.4 is 0 Å². The average Bonchev–Trinajstić information content (AvgIpc) is 2.04. The van der Waals surface area contributed by atoms with E-state index in [0.717, 1.165) is 5.56 Å². The van der Waals surface area contributed by atoms with Crippen molar-refractivity contribution in [2.45, 2.75) is 5.33 Å². The van der Waals surface area contributed by atoms with E-state index in [1.165, 1.54) is 0 Å². The molecule has 0 aliphatic rings. The second-order valence-corrected chi connectivity index (χ2v) is 2.29. The van der Waals surface area contributed by atoms with Crippen molar-refractivity contribution >= 4 is 21.7 Å². The fourth-order valence-corrected chi connectivity index (χ4v) is 1.07. The van der Waals surface area contributed by atoms with Gasteiger partial charge in [-0.15, -0.1) is 4.98 Å². The molecule has 3 heteroatoms. The van der Waals surface area contributed by atoms with Crippen molar-refractivity contribution in [3.63, 3.8) is 0 Å². The van der Waals surface area contributed by atoms with E-state index in [2.05, 4.69) is 25.8 Å². The molecule has 0 fully saturated rings. The Balaban J connectivity index is 3.12. The van der Waals surface area contributed by atoms with Crippen LogP contribution in [0, 0.1) is 6.57 Å². The molecule has 10 heavy (non-hydrogen) atoms. The number of rotatable bonds is 1. The Kier molecular flexibility index (Phi) is 2.41. The summed E-state index contributed by atoms with van der Waals surface area (Å²) in [6, 6.07) is 3.71. The Morgan fingerprint density at radius 2 is 2.50 bits per heavy atom. The maximum absolute atomic E-state index is 6.73. The van der Waals surface area contributed by atoms with Crippen LogP contribution in [0.5, 0.6) is 0 Å². The van der Waals surface area contributed by atoms with Gasteiger partial charge in [0.1, 0.15) is 6.20 Å². The van der Waals surface area contributed by atoms with Crippen LogP contribution in [0.3, 0.4) is 0 Å². The van der Waals surface area contributed by atoms with E-state index in [0.29, 0.717) is 11.1 Å². The number of hydrogen-bond acceptors (Lipinski definition) is 1. The molecule has 1 rings (SSSR count). The molecular weight excluding hydrogens is 192 g/mol. The summed E-state index contributed by atoms with van der Waals surface area (Å²) < 4.78 is 0. The summed E-state index contributed by atoms with van der Waals surface area (Å²) in [7, 11) is 0. The van der Waals surface area contributed by atoms with E-state index in [-0.39, 0.29) is 0 Å². The van der Waals surface area contributed by atoms with Gasteiger partial charge in [0.2, 0.25) is 0 Å². The number of pyridine rings is 1. The molecule has 1 aromatic heterocycles. The smallest absolute Gasteiger partial charge is 0.273 e. The SMILES string of the molecule is [C-]#[N+]c1ncccc1CBr. The molecule has 0 aliphatic carbocycles. The first-order valence-corrected chi connectivity index (χ1v) is 3.88. The lowest BCUT2D eigenvalue weighted by molar-refractivity contribution is 1.29. The maximum Gasteiger partial charge on any atom is 0.273 e. The van der Waals surface area contributed by atoms with Crippen LogP contribution in [-0.4, -0.2) is 4.98 Å². The minimum Gasteiger partial charge on any atom is -0.360 e. The molecular formula is C7H5BrN2. The van der Waals surface area contributed by atoms with Gasteiger partial charge in [-0.2, -0.15) is 0 Å². The quantitative estimate of drug-likeness (QED) is 0.499. The highest BCUT2D eigenvalue weighted by Crippen LogP contribution is 2.16. The minimum absolute atomic E-state index is 0.486. The van der Waals surface area contributed by atoms with Crippen LogP contribution in [0.25, 0.3) is 4.85 Å². The van der Waals surface area contributed by atoms with Crippen molar-refractivity contribution in [1.29, 1.82) is 0 Å². The lowest BCUT2D eigenvalue weighted by Gasteiger charge is -1.93. The molecule has 0 aliphatic heterocycles. The van der Waals surface area contributed by atoms with Crippen LogP contribution in [-0.2, 0) is 5.33 Å². The highest BCUT2D eigenvalue weighted by Gasteiger charge is 1.98. The number of nitrogens with zero attached hydrogens (tertiary/aromatic N) is 2. The molecule has 0 N–H and O–H groups in total. The fourth-order valence-electron chi connectivity index (χ4n) is 0.635. The van der Waals surface area contributed by atoms with Gasteiger partial charge < -0.3 is 4.85 Å². The molecule has 0 bridgehead atoms. The lowest BCUT2D eigenvalue weighted by Crippen LogP contribution is -1.79. The number of alkyl halides is 1. The zero-order valence-corrected chi connectivity index (χ0v) is 6.80. The second-order valence-electron chi connectivity index (χ2n) is 1.73. The lowest BCUT2D eigenvalue weighted by atomic mass is 10.3. The van der Waals surface area contributed by atoms with Gasteiger partial charge in [-0.3, -0.25) is 0 Å². The number of hydrogen-bond donors (Lipinski definition) is 0. The molecule has 0 atom stereocenters. The van der Waals surface area contributed by atoms with E-state index >= 15 is 0 Å². The van der Waals surface area contributed by atoms with E-state index in [4.69, 9.17) is 6.57 Å². The average molecular weight is 197 g/mol. The van der Waals surface area contributed by atoms with Gasteiger partial charge in [0.25, 0.3) is 5.82 Å². The summed E-state index contributed by atoms with van der Waals surface area (Å²) >= 11 is 3.27. The molecule has 50 valence electrons. The Morgan fingerprint density at radius 3 is 3.00 bits per heavy atom. The Morgan fingerprint density at radius 1 is 1.70 bits per heavy atom. The standard InChI is InChI=1S/C7H5BrN2/c1-9-7-6(5-8)3-2-4-10-7/h2-4H,5H2. The van der Waals surface area contributed by atoms with Crippen molar-refractivity contribution in [2.24, 2.45) is 0 Å². The third kappa shape index (κ3) is 1.34.